The van der Waals surface area contributed by atoms with Crippen molar-refractivity contribution >= 4 is 68.9 Å². The van der Waals surface area contributed by atoms with Gasteiger partial charge in [-0.15, -0.1) is 0 Å². The summed E-state index contributed by atoms with van der Waals surface area (Å²) in [6.07, 6.45) is 0. The third kappa shape index (κ3) is 5.12. The Kier molecular flexibility index (Phi) is 8.32. The monoisotopic (exact) mass is 535 g/mol. The van der Waals surface area contributed by atoms with Crippen LogP contribution < -0.4 is 21.2 Å². The number of halogens is 2. The summed E-state index contributed by atoms with van der Waals surface area (Å²) in [6.45, 7) is -1.17. The fourth-order valence-corrected chi connectivity index (χ4v) is 8.82. The van der Waals surface area contributed by atoms with Gasteiger partial charge < -0.3 is 10.1 Å². The molecule has 0 unspecified atom stereocenters. The number of carbonyl (C=O) groups is 2. The molecule has 4 aromatic carbocycles. The van der Waals surface area contributed by atoms with Crippen LogP contribution in [0.2, 0.25) is 10.0 Å². The lowest BCUT2D eigenvalue weighted by molar-refractivity contribution is -0.135. The number of benzene rings is 4. The summed E-state index contributed by atoms with van der Waals surface area (Å²) in [5.74, 6) is -1.26. The molecule has 0 aliphatic rings. The normalized spacial score (nSPS) is 11.0. The van der Waals surface area contributed by atoms with Crippen LogP contribution in [-0.4, -0.2) is 23.8 Å². The first-order valence-electron chi connectivity index (χ1n) is 11.4. The lowest BCUT2D eigenvalue weighted by atomic mass is 10.3. The van der Waals surface area contributed by atoms with Gasteiger partial charge >= 0.3 is 5.97 Å². The van der Waals surface area contributed by atoms with Gasteiger partial charge in [0.2, 0.25) is 0 Å². The van der Waals surface area contributed by atoms with Crippen molar-refractivity contribution in [2.75, 3.05) is 11.9 Å². The van der Waals surface area contributed by atoms with Crippen molar-refractivity contribution in [2.45, 2.75) is 6.92 Å². The quantitative estimate of drug-likeness (QED) is 0.188. The second-order valence-corrected chi connectivity index (χ2v) is 12.0. The van der Waals surface area contributed by atoms with Crippen molar-refractivity contribution in [3.8, 4) is 0 Å². The minimum absolute atomic E-state index is 0.0268. The van der Waals surface area contributed by atoms with Gasteiger partial charge in [-0.3, -0.25) is 4.79 Å². The zero-order chi connectivity index (χ0) is 25.5. The molecular weight excluding hydrogens is 512 g/mol. The highest BCUT2D eigenvalue weighted by atomic mass is 35.5. The number of hydrogen-bond donors (Lipinski definition) is 1. The average molecular weight is 536 g/mol. The van der Waals surface area contributed by atoms with Crippen LogP contribution in [0.5, 0.6) is 0 Å². The molecule has 0 saturated heterocycles. The Labute approximate surface area is 220 Å². The zero-order valence-corrected chi connectivity index (χ0v) is 21.9. The van der Waals surface area contributed by atoms with Crippen LogP contribution in [0.1, 0.15) is 6.92 Å². The van der Waals surface area contributed by atoms with Gasteiger partial charge in [0.05, 0.1) is 17.3 Å². The number of hydrogen-bond acceptors (Lipinski definition) is 3. The Hall–Kier alpha value is -3.30. The van der Waals surface area contributed by atoms with Gasteiger partial charge in [-0.05, 0) is 47.9 Å². The number of carbonyl (C=O) groups excluding carboxylic acids is 2. The van der Waals surface area contributed by atoms with Gasteiger partial charge in [-0.2, -0.15) is 0 Å². The number of ether oxygens (including phenoxy) is 1. The summed E-state index contributed by atoms with van der Waals surface area (Å²) in [6, 6.07) is 33.7. The van der Waals surface area contributed by atoms with Crippen LogP contribution in [0.4, 0.5) is 5.69 Å². The Morgan fingerprint density at radius 3 is 1.64 bits per heavy atom. The number of esters is 1. The molecule has 0 fully saturated rings. The van der Waals surface area contributed by atoms with Gasteiger partial charge in [0.25, 0.3) is 5.91 Å². The van der Waals surface area contributed by atoms with Crippen molar-refractivity contribution in [3.63, 3.8) is 0 Å². The third-order valence-electron chi connectivity index (χ3n) is 5.63. The molecule has 4 rings (SSSR count). The van der Waals surface area contributed by atoms with Crippen LogP contribution >= 0.6 is 30.1 Å². The maximum absolute atomic E-state index is 14.1. The summed E-state index contributed by atoms with van der Waals surface area (Å²) < 4.78 is 5.52. The average Bonchev–Trinajstić information content (AvgIpc) is 2.90. The Bertz CT molecular complexity index is 1320. The first-order chi connectivity index (χ1) is 17.5. The molecule has 36 heavy (non-hydrogen) atoms. The third-order valence-corrected chi connectivity index (χ3v) is 10.5. The molecule has 0 atom stereocenters. The molecule has 4 aromatic rings. The molecule has 182 valence electrons. The Balaban J connectivity index is 2.14. The van der Waals surface area contributed by atoms with E-state index in [1.165, 1.54) is 6.07 Å². The number of nitrogens with one attached hydrogen (secondary N) is 1. The van der Waals surface area contributed by atoms with Crippen LogP contribution in [0.25, 0.3) is 0 Å². The molecule has 0 aliphatic carbocycles. The molecule has 0 spiro atoms. The van der Waals surface area contributed by atoms with E-state index >= 15 is 0 Å². The highest BCUT2D eigenvalue weighted by Gasteiger charge is 2.38. The Morgan fingerprint density at radius 2 is 1.22 bits per heavy atom. The molecule has 1 N–H and O–H groups in total. The highest BCUT2D eigenvalue weighted by Crippen LogP contribution is 2.46. The van der Waals surface area contributed by atoms with Gasteiger partial charge in [0, 0.05) is 5.02 Å². The SMILES string of the molecule is CCOC(=O)C(C(=O)Nc1ccc(Cl)cc1Cl)=P(c1ccccc1)(c1ccccc1)c1ccccc1. The zero-order valence-electron chi connectivity index (χ0n) is 19.5. The lowest BCUT2D eigenvalue weighted by Crippen LogP contribution is -2.40. The number of rotatable bonds is 7. The lowest BCUT2D eigenvalue weighted by Gasteiger charge is -2.31. The van der Waals surface area contributed by atoms with E-state index in [0.717, 1.165) is 15.9 Å². The van der Waals surface area contributed by atoms with Gasteiger partial charge in [0.15, 0.2) is 0 Å². The summed E-state index contributed by atoms with van der Waals surface area (Å²) >= 11 is 12.4. The van der Waals surface area contributed by atoms with Crippen molar-refractivity contribution in [1.29, 1.82) is 0 Å². The maximum Gasteiger partial charge on any atom is 0.344 e. The van der Waals surface area contributed by atoms with E-state index < -0.39 is 18.8 Å². The largest absolute Gasteiger partial charge is 0.462 e. The van der Waals surface area contributed by atoms with E-state index in [0.29, 0.717) is 10.7 Å². The number of anilines is 1. The predicted molar refractivity (Wildman–Crippen MR) is 152 cm³/mol. The maximum atomic E-state index is 14.1. The van der Waals surface area contributed by atoms with Crippen LogP contribution in [-0.2, 0) is 14.3 Å². The van der Waals surface area contributed by atoms with Crippen molar-refractivity contribution in [3.05, 3.63) is 119 Å². The van der Waals surface area contributed by atoms with Crippen molar-refractivity contribution in [2.24, 2.45) is 0 Å². The van der Waals surface area contributed by atoms with E-state index in [9.17, 15) is 9.59 Å². The fourth-order valence-electron chi connectivity index (χ4n) is 4.14. The molecule has 0 radical (unpaired) electrons. The molecule has 0 bridgehead atoms. The molecule has 0 aromatic heterocycles. The van der Waals surface area contributed by atoms with Crippen LogP contribution in [0.3, 0.4) is 0 Å². The minimum atomic E-state index is -3.01. The van der Waals surface area contributed by atoms with Gasteiger partial charge in [-0.25, -0.2) is 4.79 Å². The summed E-state index contributed by atoms with van der Waals surface area (Å²) in [4.78, 5) is 27.9. The topological polar surface area (TPSA) is 55.4 Å². The van der Waals surface area contributed by atoms with E-state index in [1.807, 2.05) is 91.0 Å². The van der Waals surface area contributed by atoms with Gasteiger partial charge in [0.1, 0.15) is 5.29 Å². The fraction of sp³-hybridized carbons (Fsp3) is 0.0690. The second-order valence-electron chi connectivity index (χ2n) is 7.82. The number of amides is 1. The molecule has 1 amide bonds. The predicted octanol–water partition coefficient (Wildman–Crippen LogP) is 5.66. The molecule has 4 nitrogen and oxygen atoms in total. The molecule has 0 aliphatic heterocycles. The summed E-state index contributed by atoms with van der Waals surface area (Å²) in [5.41, 5.74) is 0.347. The smallest absolute Gasteiger partial charge is 0.344 e. The standard InChI is InChI=1S/C29H24Cl2NO3P/c1-2-35-29(34)27(28(33)32-26-19-18-21(30)20-25(26)31)36(22-12-6-3-7-13-22,23-14-8-4-9-15-23)24-16-10-5-11-17-24/h3-20H,2H2,1H3,(H,32,33). The van der Waals surface area contributed by atoms with Gasteiger partial charge in [-0.1, -0.05) is 114 Å². The van der Waals surface area contributed by atoms with Crippen molar-refractivity contribution < 1.29 is 14.3 Å². The molecule has 0 saturated carbocycles. The van der Waals surface area contributed by atoms with Crippen LogP contribution in [0, 0.1) is 0 Å². The highest BCUT2D eigenvalue weighted by molar-refractivity contribution is 7.97. The molecular formula is C29H24Cl2NO3P. The van der Waals surface area contributed by atoms with Crippen LogP contribution in [0.15, 0.2) is 109 Å². The van der Waals surface area contributed by atoms with Crippen molar-refractivity contribution in [1.82, 2.24) is 0 Å². The Morgan fingerprint density at radius 1 is 0.750 bits per heavy atom. The van der Waals surface area contributed by atoms with E-state index in [4.69, 9.17) is 27.9 Å². The summed E-state index contributed by atoms with van der Waals surface area (Å²) in [7, 11) is 0. The molecule has 7 heteroatoms. The first kappa shape index (κ1) is 25.8. The molecule has 0 heterocycles. The van der Waals surface area contributed by atoms with E-state index in [-0.39, 0.29) is 16.9 Å². The van der Waals surface area contributed by atoms with E-state index in [1.54, 1.807) is 19.1 Å². The first-order valence-corrected chi connectivity index (χ1v) is 13.9. The second kappa shape index (κ2) is 11.6. The summed E-state index contributed by atoms with van der Waals surface area (Å²) in [5, 5.41) is 6.13. The van der Waals surface area contributed by atoms with E-state index in [2.05, 4.69) is 5.32 Å². The minimum Gasteiger partial charge on any atom is -0.462 e.